The van der Waals surface area contributed by atoms with Crippen molar-refractivity contribution in [2.24, 2.45) is 11.7 Å². The summed E-state index contributed by atoms with van der Waals surface area (Å²) in [6.07, 6.45) is 3.31. The molecule has 1 saturated heterocycles. The van der Waals surface area contributed by atoms with Gasteiger partial charge in [0.1, 0.15) is 0 Å². The molecule has 0 spiro atoms. The Balaban J connectivity index is 2.28. The van der Waals surface area contributed by atoms with Gasteiger partial charge in [0.05, 0.1) is 6.04 Å². The van der Waals surface area contributed by atoms with Gasteiger partial charge in [0.2, 0.25) is 5.91 Å². The Kier molecular flexibility index (Phi) is 5.77. The number of hydrogen-bond donors (Lipinski definition) is 2. The summed E-state index contributed by atoms with van der Waals surface area (Å²) in [6.45, 7) is 7.62. The fourth-order valence-corrected chi connectivity index (χ4v) is 2.11. The van der Waals surface area contributed by atoms with Gasteiger partial charge in [-0.2, -0.15) is 0 Å². The number of nitrogens with one attached hydrogen (secondary N) is 1. The predicted molar refractivity (Wildman–Crippen MR) is 66.1 cm³/mol. The largest absolute Gasteiger partial charge is 0.355 e. The lowest BCUT2D eigenvalue weighted by Gasteiger charge is -2.23. The molecule has 1 fully saturated rings. The SMILES string of the molecule is CCCCNC(=O)C(C)N1CCC(CN)C1. The van der Waals surface area contributed by atoms with E-state index in [0.717, 1.165) is 45.4 Å². The summed E-state index contributed by atoms with van der Waals surface area (Å²) in [7, 11) is 0. The first-order valence-corrected chi connectivity index (χ1v) is 6.40. The summed E-state index contributed by atoms with van der Waals surface area (Å²) >= 11 is 0. The number of likely N-dealkylation sites (tertiary alicyclic amines) is 1. The first kappa shape index (κ1) is 13.5. The smallest absolute Gasteiger partial charge is 0.237 e. The topological polar surface area (TPSA) is 58.4 Å². The van der Waals surface area contributed by atoms with E-state index >= 15 is 0 Å². The maximum atomic E-state index is 11.8. The zero-order valence-corrected chi connectivity index (χ0v) is 10.5. The van der Waals surface area contributed by atoms with Crippen molar-refractivity contribution in [1.82, 2.24) is 10.2 Å². The molecule has 0 bridgehead atoms. The summed E-state index contributed by atoms with van der Waals surface area (Å²) in [5.74, 6) is 0.733. The van der Waals surface area contributed by atoms with Gasteiger partial charge in [-0.05, 0) is 38.8 Å². The Hall–Kier alpha value is -0.610. The van der Waals surface area contributed by atoms with Crippen molar-refractivity contribution < 1.29 is 4.79 Å². The minimum atomic E-state index is -0.00611. The number of unbranched alkanes of at least 4 members (excludes halogenated alkanes) is 1. The highest BCUT2D eigenvalue weighted by Crippen LogP contribution is 2.17. The monoisotopic (exact) mass is 227 g/mol. The number of hydrogen-bond acceptors (Lipinski definition) is 3. The van der Waals surface area contributed by atoms with Crippen LogP contribution in [0.1, 0.15) is 33.1 Å². The summed E-state index contributed by atoms with van der Waals surface area (Å²) in [5, 5.41) is 2.98. The molecular formula is C12H25N3O. The molecule has 2 atom stereocenters. The maximum Gasteiger partial charge on any atom is 0.237 e. The average Bonchev–Trinajstić information content (AvgIpc) is 2.76. The van der Waals surface area contributed by atoms with Gasteiger partial charge in [-0.15, -0.1) is 0 Å². The van der Waals surface area contributed by atoms with Crippen molar-refractivity contribution in [3.8, 4) is 0 Å². The molecule has 0 aliphatic carbocycles. The van der Waals surface area contributed by atoms with Gasteiger partial charge in [-0.1, -0.05) is 13.3 Å². The lowest BCUT2D eigenvalue weighted by molar-refractivity contribution is -0.125. The van der Waals surface area contributed by atoms with E-state index in [1.54, 1.807) is 0 Å². The number of rotatable bonds is 6. The van der Waals surface area contributed by atoms with Gasteiger partial charge in [0.25, 0.3) is 0 Å². The van der Waals surface area contributed by atoms with Gasteiger partial charge in [-0.3, -0.25) is 9.69 Å². The molecule has 3 N–H and O–H groups in total. The number of nitrogens with zero attached hydrogens (tertiary/aromatic N) is 1. The zero-order valence-electron chi connectivity index (χ0n) is 10.5. The molecule has 0 aromatic rings. The van der Waals surface area contributed by atoms with E-state index in [9.17, 15) is 4.79 Å². The second-order valence-corrected chi connectivity index (χ2v) is 4.71. The highest BCUT2D eigenvalue weighted by molar-refractivity contribution is 5.81. The zero-order chi connectivity index (χ0) is 12.0. The van der Waals surface area contributed by atoms with Gasteiger partial charge in [0.15, 0.2) is 0 Å². The molecule has 0 aromatic carbocycles. The standard InChI is InChI=1S/C12H25N3O/c1-3-4-6-14-12(16)10(2)15-7-5-11(8-13)9-15/h10-11H,3-9,13H2,1-2H3,(H,14,16). The van der Waals surface area contributed by atoms with Crippen LogP contribution in [0, 0.1) is 5.92 Å². The second kappa shape index (κ2) is 6.86. The minimum Gasteiger partial charge on any atom is -0.355 e. The van der Waals surface area contributed by atoms with Crippen molar-refractivity contribution in [3.05, 3.63) is 0 Å². The highest BCUT2D eigenvalue weighted by atomic mass is 16.2. The Bertz CT molecular complexity index is 220. The first-order valence-electron chi connectivity index (χ1n) is 6.40. The molecule has 4 heteroatoms. The number of carbonyl (C=O) groups is 1. The van der Waals surface area contributed by atoms with E-state index < -0.39 is 0 Å². The number of carbonyl (C=O) groups excluding carboxylic acids is 1. The number of nitrogens with two attached hydrogens (primary N) is 1. The van der Waals surface area contributed by atoms with Crippen molar-refractivity contribution in [2.45, 2.75) is 39.2 Å². The molecular weight excluding hydrogens is 202 g/mol. The molecule has 16 heavy (non-hydrogen) atoms. The van der Waals surface area contributed by atoms with Crippen LogP contribution in [0.3, 0.4) is 0 Å². The Labute approximate surface area is 98.6 Å². The lowest BCUT2D eigenvalue weighted by atomic mass is 10.1. The molecule has 1 amide bonds. The first-order chi connectivity index (χ1) is 7.69. The van der Waals surface area contributed by atoms with E-state index in [2.05, 4.69) is 17.1 Å². The number of amides is 1. The van der Waals surface area contributed by atoms with E-state index in [-0.39, 0.29) is 11.9 Å². The van der Waals surface area contributed by atoms with Crippen LogP contribution in [0.15, 0.2) is 0 Å². The fourth-order valence-electron chi connectivity index (χ4n) is 2.11. The Morgan fingerprint density at radius 3 is 2.94 bits per heavy atom. The van der Waals surface area contributed by atoms with Crippen molar-refractivity contribution in [2.75, 3.05) is 26.2 Å². The van der Waals surface area contributed by atoms with Crippen molar-refractivity contribution in [3.63, 3.8) is 0 Å². The van der Waals surface area contributed by atoms with Crippen molar-refractivity contribution >= 4 is 5.91 Å². The normalized spacial score (nSPS) is 23.3. The highest BCUT2D eigenvalue weighted by Gasteiger charge is 2.28. The molecule has 4 nitrogen and oxygen atoms in total. The summed E-state index contributed by atoms with van der Waals surface area (Å²) < 4.78 is 0. The minimum absolute atomic E-state index is 0.00611. The molecule has 0 aromatic heterocycles. The van der Waals surface area contributed by atoms with E-state index in [1.807, 2.05) is 6.92 Å². The average molecular weight is 227 g/mol. The quantitative estimate of drug-likeness (QED) is 0.652. The third-order valence-electron chi connectivity index (χ3n) is 3.41. The second-order valence-electron chi connectivity index (χ2n) is 4.71. The van der Waals surface area contributed by atoms with Crippen LogP contribution in [0.2, 0.25) is 0 Å². The molecule has 94 valence electrons. The molecule has 0 saturated carbocycles. The molecule has 1 aliphatic rings. The van der Waals surface area contributed by atoms with Crippen LogP contribution >= 0.6 is 0 Å². The van der Waals surface area contributed by atoms with Crippen LogP contribution in [-0.4, -0.2) is 43.0 Å². The van der Waals surface area contributed by atoms with Crippen LogP contribution in [0.5, 0.6) is 0 Å². The molecule has 1 rings (SSSR count). The van der Waals surface area contributed by atoms with Crippen LogP contribution in [-0.2, 0) is 4.79 Å². The maximum absolute atomic E-state index is 11.8. The lowest BCUT2D eigenvalue weighted by Crippen LogP contribution is -2.44. The van der Waals surface area contributed by atoms with E-state index in [0.29, 0.717) is 5.92 Å². The van der Waals surface area contributed by atoms with Gasteiger partial charge >= 0.3 is 0 Å². The molecule has 0 radical (unpaired) electrons. The van der Waals surface area contributed by atoms with E-state index in [1.165, 1.54) is 0 Å². The molecule has 2 unspecified atom stereocenters. The molecule has 1 aliphatic heterocycles. The third-order valence-corrected chi connectivity index (χ3v) is 3.41. The molecule has 1 heterocycles. The van der Waals surface area contributed by atoms with E-state index in [4.69, 9.17) is 5.73 Å². The third kappa shape index (κ3) is 3.76. The summed E-state index contributed by atoms with van der Waals surface area (Å²) in [5.41, 5.74) is 5.64. The van der Waals surface area contributed by atoms with Crippen LogP contribution in [0.25, 0.3) is 0 Å². The summed E-state index contributed by atoms with van der Waals surface area (Å²) in [4.78, 5) is 14.1. The van der Waals surface area contributed by atoms with Gasteiger partial charge < -0.3 is 11.1 Å². The van der Waals surface area contributed by atoms with Gasteiger partial charge in [-0.25, -0.2) is 0 Å². The Morgan fingerprint density at radius 2 is 2.38 bits per heavy atom. The van der Waals surface area contributed by atoms with Crippen LogP contribution in [0.4, 0.5) is 0 Å². The van der Waals surface area contributed by atoms with Crippen LogP contribution < -0.4 is 11.1 Å². The van der Waals surface area contributed by atoms with Gasteiger partial charge in [0, 0.05) is 13.1 Å². The van der Waals surface area contributed by atoms with Crippen molar-refractivity contribution in [1.29, 1.82) is 0 Å². The summed E-state index contributed by atoms with van der Waals surface area (Å²) in [6, 6.07) is -0.00611. The Morgan fingerprint density at radius 1 is 1.62 bits per heavy atom. The predicted octanol–water partition coefficient (Wildman–Crippen LogP) is 0.572. The fraction of sp³-hybridized carbons (Fsp3) is 0.917.